The fourth-order valence-corrected chi connectivity index (χ4v) is 4.01. The van der Waals surface area contributed by atoms with Crippen LogP contribution in [0.15, 0.2) is 40.2 Å². The number of guanidine groups is 1. The van der Waals surface area contributed by atoms with E-state index in [4.69, 9.17) is 0 Å². The zero-order chi connectivity index (χ0) is 19.5. The third kappa shape index (κ3) is 9.75. The molecule has 27 heavy (non-hydrogen) atoms. The molecule has 8 heteroatoms. The first-order chi connectivity index (χ1) is 12.4. The van der Waals surface area contributed by atoms with Gasteiger partial charge in [-0.2, -0.15) is 0 Å². The topological polar surface area (TPSA) is 90.8 Å². The van der Waals surface area contributed by atoms with E-state index in [1.807, 2.05) is 20.8 Å². The molecule has 6 nitrogen and oxygen atoms in total. The highest BCUT2D eigenvalue weighted by atomic mass is 127. The van der Waals surface area contributed by atoms with Crippen molar-refractivity contribution in [2.24, 2.45) is 4.99 Å². The Morgan fingerprint density at radius 2 is 1.67 bits per heavy atom. The molecule has 1 aromatic carbocycles. The Hall–Kier alpha value is -0.870. The second kappa shape index (κ2) is 13.3. The molecule has 0 aliphatic heterocycles. The highest BCUT2D eigenvalue weighted by Crippen LogP contribution is 2.19. The number of nitrogens with zero attached hydrogens (tertiary/aromatic N) is 1. The summed E-state index contributed by atoms with van der Waals surface area (Å²) in [4.78, 5) is 4.79. The van der Waals surface area contributed by atoms with Crippen molar-refractivity contribution in [2.45, 2.75) is 57.0 Å². The lowest BCUT2D eigenvalue weighted by Gasteiger charge is -2.26. The second-order valence-corrected chi connectivity index (χ2v) is 8.59. The molecule has 0 aliphatic carbocycles. The largest absolute Gasteiger partial charge is 0.388 e. The Balaban J connectivity index is 0.00000676. The van der Waals surface area contributed by atoms with E-state index in [-0.39, 0.29) is 36.3 Å². The molecule has 0 spiro atoms. The Morgan fingerprint density at radius 1 is 1.07 bits per heavy atom. The van der Waals surface area contributed by atoms with E-state index in [1.165, 1.54) is 0 Å². The lowest BCUT2D eigenvalue weighted by atomic mass is 9.93. The van der Waals surface area contributed by atoms with Crippen LogP contribution in [-0.4, -0.2) is 50.5 Å². The van der Waals surface area contributed by atoms with E-state index in [0.29, 0.717) is 36.8 Å². The minimum atomic E-state index is -3.33. The maximum Gasteiger partial charge on any atom is 0.191 e. The number of sulfone groups is 1. The number of hydrogen-bond acceptors (Lipinski definition) is 4. The van der Waals surface area contributed by atoms with Gasteiger partial charge in [-0.05, 0) is 31.9 Å². The number of nitrogens with one attached hydrogen (secondary N) is 2. The number of benzene rings is 1. The fourth-order valence-electron chi connectivity index (χ4n) is 2.83. The summed E-state index contributed by atoms with van der Waals surface area (Å²) in [6, 6.07) is 8.43. The Morgan fingerprint density at radius 3 is 2.19 bits per heavy atom. The van der Waals surface area contributed by atoms with Crippen molar-refractivity contribution in [3.63, 3.8) is 0 Å². The zero-order valence-corrected chi connectivity index (χ0v) is 19.7. The summed E-state index contributed by atoms with van der Waals surface area (Å²) in [7, 11) is -3.33. The van der Waals surface area contributed by atoms with Gasteiger partial charge in [0.05, 0.1) is 22.8 Å². The molecule has 0 fully saturated rings. The van der Waals surface area contributed by atoms with E-state index in [1.54, 1.807) is 30.3 Å². The number of halogens is 1. The van der Waals surface area contributed by atoms with Crippen molar-refractivity contribution in [2.75, 3.05) is 25.4 Å². The molecule has 0 saturated carbocycles. The molecule has 0 aliphatic rings. The summed E-state index contributed by atoms with van der Waals surface area (Å²) in [6.07, 6.45) is 3.19. The number of hydrogen-bond donors (Lipinski definition) is 3. The third-order valence-electron chi connectivity index (χ3n) is 4.07. The minimum Gasteiger partial charge on any atom is -0.388 e. The van der Waals surface area contributed by atoms with Gasteiger partial charge in [-0.1, -0.05) is 44.9 Å². The first-order valence-electron chi connectivity index (χ1n) is 9.39. The molecule has 0 atom stereocenters. The average Bonchev–Trinajstić information content (AvgIpc) is 2.61. The number of aliphatic hydroxyl groups is 1. The van der Waals surface area contributed by atoms with Gasteiger partial charge >= 0.3 is 0 Å². The molecule has 1 aromatic rings. The molecule has 0 bridgehead atoms. The Labute approximate surface area is 181 Å². The van der Waals surface area contributed by atoms with Crippen molar-refractivity contribution >= 4 is 39.8 Å². The van der Waals surface area contributed by atoms with Crippen molar-refractivity contribution < 1.29 is 13.5 Å². The van der Waals surface area contributed by atoms with Crippen LogP contribution in [0.2, 0.25) is 0 Å². The molecular weight excluding hydrogens is 477 g/mol. The lowest BCUT2D eigenvalue weighted by molar-refractivity contribution is 0.0306. The molecule has 156 valence electrons. The SMILES string of the molecule is CCCC(O)(CCC)CN=C(NCC)NCCS(=O)(=O)c1ccccc1.I. The van der Waals surface area contributed by atoms with E-state index in [0.717, 1.165) is 12.8 Å². The molecule has 0 aromatic heterocycles. The summed E-state index contributed by atoms with van der Waals surface area (Å²) >= 11 is 0. The highest BCUT2D eigenvalue weighted by Gasteiger charge is 2.24. The van der Waals surface area contributed by atoms with Gasteiger partial charge in [0.25, 0.3) is 0 Å². The summed E-state index contributed by atoms with van der Waals surface area (Å²) in [6.45, 7) is 7.25. The maximum atomic E-state index is 12.3. The standard InChI is InChI=1S/C19H33N3O3S.HI/c1-4-12-19(23,13-5-2)16-22-18(20-6-3)21-14-15-26(24,25)17-10-8-7-9-11-17;/h7-11,23H,4-6,12-16H2,1-3H3,(H2,20,21,22);1H. The van der Waals surface area contributed by atoms with E-state index in [9.17, 15) is 13.5 Å². The van der Waals surface area contributed by atoms with Crippen LogP contribution in [-0.2, 0) is 9.84 Å². The smallest absolute Gasteiger partial charge is 0.191 e. The Bertz CT molecular complexity index is 645. The minimum absolute atomic E-state index is 0. The van der Waals surface area contributed by atoms with Gasteiger partial charge in [0.1, 0.15) is 0 Å². The summed E-state index contributed by atoms with van der Waals surface area (Å²) in [5, 5.41) is 16.8. The van der Waals surface area contributed by atoms with Gasteiger partial charge in [-0.3, -0.25) is 4.99 Å². The van der Waals surface area contributed by atoms with Gasteiger partial charge in [-0.15, -0.1) is 24.0 Å². The van der Waals surface area contributed by atoms with Gasteiger partial charge in [0.15, 0.2) is 15.8 Å². The maximum absolute atomic E-state index is 12.3. The van der Waals surface area contributed by atoms with Crippen LogP contribution in [0.1, 0.15) is 46.5 Å². The molecule has 0 heterocycles. The normalized spacial score (nSPS) is 12.4. The molecule has 0 radical (unpaired) electrons. The molecule has 0 amide bonds. The number of aliphatic imine (C=N–C) groups is 1. The monoisotopic (exact) mass is 511 g/mol. The molecule has 0 saturated heterocycles. The Kier molecular flexibility index (Phi) is 12.9. The van der Waals surface area contributed by atoms with Crippen LogP contribution >= 0.6 is 24.0 Å². The summed E-state index contributed by atoms with van der Waals surface area (Å²) in [5.74, 6) is 0.511. The van der Waals surface area contributed by atoms with Crippen LogP contribution in [0.25, 0.3) is 0 Å². The van der Waals surface area contributed by atoms with Crippen molar-refractivity contribution in [1.29, 1.82) is 0 Å². The predicted octanol–water partition coefficient (Wildman–Crippen LogP) is 2.96. The van der Waals surface area contributed by atoms with E-state index >= 15 is 0 Å². The van der Waals surface area contributed by atoms with Crippen LogP contribution < -0.4 is 10.6 Å². The lowest BCUT2D eigenvalue weighted by Crippen LogP contribution is -2.41. The average molecular weight is 511 g/mol. The second-order valence-electron chi connectivity index (χ2n) is 6.48. The third-order valence-corrected chi connectivity index (χ3v) is 5.80. The zero-order valence-electron chi connectivity index (χ0n) is 16.6. The fraction of sp³-hybridized carbons (Fsp3) is 0.632. The van der Waals surface area contributed by atoms with Gasteiger partial charge in [-0.25, -0.2) is 8.42 Å². The van der Waals surface area contributed by atoms with Gasteiger partial charge in [0.2, 0.25) is 0 Å². The van der Waals surface area contributed by atoms with Crippen molar-refractivity contribution in [3.05, 3.63) is 30.3 Å². The number of rotatable bonds is 11. The molecule has 3 N–H and O–H groups in total. The van der Waals surface area contributed by atoms with Crippen LogP contribution in [0.4, 0.5) is 0 Å². The highest BCUT2D eigenvalue weighted by molar-refractivity contribution is 14.0. The molecular formula is C19H34IN3O3S. The van der Waals surface area contributed by atoms with Crippen molar-refractivity contribution in [1.82, 2.24) is 10.6 Å². The van der Waals surface area contributed by atoms with Crippen LogP contribution in [0, 0.1) is 0 Å². The van der Waals surface area contributed by atoms with Gasteiger partial charge < -0.3 is 15.7 Å². The van der Waals surface area contributed by atoms with Crippen LogP contribution in [0.3, 0.4) is 0 Å². The van der Waals surface area contributed by atoms with Crippen LogP contribution in [0.5, 0.6) is 0 Å². The van der Waals surface area contributed by atoms with E-state index < -0.39 is 15.4 Å². The van der Waals surface area contributed by atoms with E-state index in [2.05, 4.69) is 15.6 Å². The summed E-state index contributed by atoms with van der Waals surface area (Å²) in [5.41, 5.74) is -0.804. The van der Waals surface area contributed by atoms with Crippen molar-refractivity contribution in [3.8, 4) is 0 Å². The quantitative estimate of drug-likeness (QED) is 0.242. The molecule has 1 rings (SSSR count). The first kappa shape index (κ1) is 26.1. The molecule has 0 unspecified atom stereocenters. The summed E-state index contributed by atoms with van der Waals surface area (Å²) < 4.78 is 24.6. The first-order valence-corrected chi connectivity index (χ1v) is 11.0. The van der Waals surface area contributed by atoms with Gasteiger partial charge in [0, 0.05) is 13.1 Å². The predicted molar refractivity (Wildman–Crippen MR) is 123 cm³/mol.